The molecule has 1 aromatic rings. The van der Waals surface area contributed by atoms with E-state index in [1.165, 1.54) is 4.31 Å². The van der Waals surface area contributed by atoms with Crippen molar-refractivity contribution >= 4 is 15.9 Å². The minimum absolute atomic E-state index is 0.105. The molecule has 1 unspecified atom stereocenters. The highest BCUT2D eigenvalue weighted by atomic mass is 32.2. The second-order valence-corrected chi connectivity index (χ2v) is 7.31. The topological polar surface area (TPSA) is 61.9 Å². The van der Waals surface area contributed by atoms with Crippen molar-refractivity contribution in [2.75, 3.05) is 37.2 Å². The summed E-state index contributed by atoms with van der Waals surface area (Å²) in [4.78, 5) is 0. The number of anilines is 1. The molecule has 1 saturated heterocycles. The van der Waals surface area contributed by atoms with Crippen molar-refractivity contribution in [2.24, 2.45) is 0 Å². The SMILES string of the molecule is CC1CN(S(=O)(=O)N2CCOCC2)c2ccccc2CN1. The summed E-state index contributed by atoms with van der Waals surface area (Å²) >= 11 is 0. The first-order valence-corrected chi connectivity index (χ1v) is 8.65. The number of hydrogen-bond donors (Lipinski definition) is 1. The fourth-order valence-corrected chi connectivity index (χ4v) is 4.46. The predicted molar refractivity (Wildman–Crippen MR) is 81.4 cm³/mol. The fraction of sp³-hybridized carbons (Fsp3) is 0.571. The van der Waals surface area contributed by atoms with Crippen LogP contribution in [0, 0.1) is 0 Å². The number of fused-ring (bicyclic) bond motifs is 1. The molecule has 1 fully saturated rings. The number of nitrogens with zero attached hydrogens (tertiary/aromatic N) is 2. The summed E-state index contributed by atoms with van der Waals surface area (Å²) < 4.78 is 34.3. The van der Waals surface area contributed by atoms with Gasteiger partial charge in [-0.3, -0.25) is 4.31 Å². The van der Waals surface area contributed by atoms with E-state index < -0.39 is 10.2 Å². The molecule has 7 heteroatoms. The molecule has 116 valence electrons. The van der Waals surface area contributed by atoms with Gasteiger partial charge in [0.1, 0.15) is 0 Å². The lowest BCUT2D eigenvalue weighted by Gasteiger charge is -2.34. The van der Waals surface area contributed by atoms with E-state index in [9.17, 15) is 8.42 Å². The Kier molecular flexibility index (Phi) is 4.17. The molecule has 0 radical (unpaired) electrons. The van der Waals surface area contributed by atoms with Crippen molar-refractivity contribution in [3.63, 3.8) is 0 Å². The monoisotopic (exact) mass is 311 g/mol. The van der Waals surface area contributed by atoms with E-state index in [1.54, 1.807) is 4.31 Å². The van der Waals surface area contributed by atoms with Gasteiger partial charge in [-0.2, -0.15) is 12.7 Å². The highest BCUT2D eigenvalue weighted by Gasteiger charge is 2.34. The van der Waals surface area contributed by atoms with Crippen LogP contribution in [-0.4, -0.2) is 51.6 Å². The van der Waals surface area contributed by atoms with Crippen molar-refractivity contribution in [2.45, 2.75) is 19.5 Å². The average Bonchev–Trinajstić information content (AvgIpc) is 2.68. The van der Waals surface area contributed by atoms with Crippen LogP contribution in [0.1, 0.15) is 12.5 Å². The first-order valence-electron chi connectivity index (χ1n) is 7.26. The third-order valence-corrected chi connectivity index (χ3v) is 5.84. The van der Waals surface area contributed by atoms with Crippen LogP contribution < -0.4 is 9.62 Å². The third-order valence-electron chi connectivity index (χ3n) is 3.92. The van der Waals surface area contributed by atoms with Gasteiger partial charge in [-0.15, -0.1) is 0 Å². The predicted octanol–water partition coefficient (Wildman–Crippen LogP) is 0.562. The first-order chi connectivity index (χ1) is 10.1. The van der Waals surface area contributed by atoms with Crippen LogP contribution >= 0.6 is 0 Å². The van der Waals surface area contributed by atoms with Gasteiger partial charge in [-0.05, 0) is 18.6 Å². The number of hydrogen-bond acceptors (Lipinski definition) is 4. The molecule has 1 atom stereocenters. The molecule has 0 spiro atoms. The Balaban J connectivity index is 1.98. The molecule has 0 amide bonds. The van der Waals surface area contributed by atoms with Crippen LogP contribution in [-0.2, 0) is 21.5 Å². The number of morpholine rings is 1. The summed E-state index contributed by atoms with van der Waals surface area (Å²) in [6, 6.07) is 7.79. The normalized spacial score (nSPS) is 24.4. The number of nitrogens with one attached hydrogen (secondary N) is 1. The lowest BCUT2D eigenvalue weighted by atomic mass is 10.2. The van der Waals surface area contributed by atoms with E-state index in [0.717, 1.165) is 11.3 Å². The van der Waals surface area contributed by atoms with E-state index in [1.807, 2.05) is 31.2 Å². The van der Waals surface area contributed by atoms with Crippen molar-refractivity contribution in [1.29, 1.82) is 0 Å². The molecule has 0 aliphatic carbocycles. The number of para-hydroxylation sites is 1. The van der Waals surface area contributed by atoms with Gasteiger partial charge < -0.3 is 10.1 Å². The second-order valence-electron chi connectivity index (χ2n) is 5.46. The van der Waals surface area contributed by atoms with Gasteiger partial charge in [-0.25, -0.2) is 0 Å². The van der Waals surface area contributed by atoms with Gasteiger partial charge in [0.15, 0.2) is 0 Å². The highest BCUT2D eigenvalue weighted by Crippen LogP contribution is 2.27. The van der Waals surface area contributed by atoms with Crippen molar-refractivity contribution in [1.82, 2.24) is 9.62 Å². The van der Waals surface area contributed by atoms with Crippen LogP contribution in [0.25, 0.3) is 0 Å². The van der Waals surface area contributed by atoms with Crippen molar-refractivity contribution in [3.8, 4) is 0 Å². The molecular weight excluding hydrogens is 290 g/mol. The van der Waals surface area contributed by atoms with Gasteiger partial charge in [0.2, 0.25) is 0 Å². The molecule has 1 aromatic carbocycles. The van der Waals surface area contributed by atoms with Gasteiger partial charge in [-0.1, -0.05) is 18.2 Å². The quantitative estimate of drug-likeness (QED) is 0.867. The Morgan fingerprint density at radius 2 is 1.95 bits per heavy atom. The third kappa shape index (κ3) is 2.91. The maximum absolute atomic E-state index is 13.0. The van der Waals surface area contributed by atoms with E-state index in [-0.39, 0.29) is 6.04 Å². The molecule has 2 aliphatic rings. The molecule has 21 heavy (non-hydrogen) atoms. The Labute approximate surface area is 125 Å². The van der Waals surface area contributed by atoms with Gasteiger partial charge in [0.05, 0.1) is 25.4 Å². The lowest BCUT2D eigenvalue weighted by molar-refractivity contribution is 0.0729. The Hall–Kier alpha value is -1.15. The van der Waals surface area contributed by atoms with Crippen LogP contribution in [0.5, 0.6) is 0 Å². The largest absolute Gasteiger partial charge is 0.379 e. The Morgan fingerprint density at radius 1 is 1.24 bits per heavy atom. The smallest absolute Gasteiger partial charge is 0.304 e. The molecule has 6 nitrogen and oxygen atoms in total. The molecule has 0 bridgehead atoms. The standard InChI is InChI=1S/C14H21N3O3S/c1-12-11-17(14-5-3-2-4-13(14)10-15-12)21(18,19)16-6-8-20-9-7-16/h2-5,12,15H,6-11H2,1H3. The van der Waals surface area contributed by atoms with Gasteiger partial charge in [0.25, 0.3) is 0 Å². The molecule has 0 saturated carbocycles. The maximum atomic E-state index is 13.0. The summed E-state index contributed by atoms with van der Waals surface area (Å²) in [6.45, 7) is 4.90. The summed E-state index contributed by atoms with van der Waals surface area (Å²) in [5, 5.41) is 3.36. The minimum Gasteiger partial charge on any atom is -0.379 e. The molecule has 2 aliphatic heterocycles. The lowest BCUT2D eigenvalue weighted by Crippen LogP contribution is -2.51. The molecule has 2 heterocycles. The molecular formula is C14H21N3O3S. The molecule has 3 rings (SSSR count). The fourth-order valence-electron chi connectivity index (χ4n) is 2.73. The zero-order valence-corrected chi connectivity index (χ0v) is 13.0. The second kappa shape index (κ2) is 5.92. The first kappa shape index (κ1) is 14.8. The number of ether oxygens (including phenoxy) is 1. The van der Waals surface area contributed by atoms with Crippen LogP contribution in [0.15, 0.2) is 24.3 Å². The maximum Gasteiger partial charge on any atom is 0.304 e. The minimum atomic E-state index is -3.51. The van der Waals surface area contributed by atoms with Crippen LogP contribution in [0.2, 0.25) is 0 Å². The van der Waals surface area contributed by atoms with Crippen LogP contribution in [0.4, 0.5) is 5.69 Å². The molecule has 0 aromatic heterocycles. The van der Waals surface area contributed by atoms with E-state index >= 15 is 0 Å². The average molecular weight is 311 g/mol. The zero-order chi connectivity index (χ0) is 14.9. The number of rotatable bonds is 2. The van der Waals surface area contributed by atoms with Crippen molar-refractivity contribution in [3.05, 3.63) is 29.8 Å². The Morgan fingerprint density at radius 3 is 2.71 bits per heavy atom. The van der Waals surface area contributed by atoms with E-state index in [4.69, 9.17) is 4.74 Å². The summed E-state index contributed by atoms with van der Waals surface area (Å²) in [6.07, 6.45) is 0. The zero-order valence-electron chi connectivity index (χ0n) is 12.2. The van der Waals surface area contributed by atoms with Gasteiger partial charge >= 0.3 is 10.2 Å². The molecule has 1 N–H and O–H groups in total. The van der Waals surface area contributed by atoms with Gasteiger partial charge in [0, 0.05) is 25.7 Å². The summed E-state index contributed by atoms with van der Waals surface area (Å²) in [7, 11) is -3.51. The van der Waals surface area contributed by atoms with E-state index in [0.29, 0.717) is 39.4 Å². The van der Waals surface area contributed by atoms with Crippen molar-refractivity contribution < 1.29 is 13.2 Å². The van der Waals surface area contributed by atoms with Crippen LogP contribution in [0.3, 0.4) is 0 Å². The highest BCUT2D eigenvalue weighted by molar-refractivity contribution is 7.90. The number of benzene rings is 1. The summed E-state index contributed by atoms with van der Waals surface area (Å²) in [5.41, 5.74) is 1.79. The summed E-state index contributed by atoms with van der Waals surface area (Å²) in [5.74, 6) is 0. The Bertz CT molecular complexity index is 599. The van der Waals surface area contributed by atoms with E-state index in [2.05, 4.69) is 5.32 Å².